The summed E-state index contributed by atoms with van der Waals surface area (Å²) in [7, 11) is 0. The summed E-state index contributed by atoms with van der Waals surface area (Å²) in [6.45, 7) is 1.73. The molecule has 3 aromatic rings. The minimum atomic E-state index is -4.75. The van der Waals surface area contributed by atoms with Crippen LogP contribution in [0.25, 0.3) is 16.8 Å². The molecule has 0 spiro atoms. The normalized spacial score (nSPS) is 11.7. The van der Waals surface area contributed by atoms with Crippen LogP contribution in [0.5, 0.6) is 0 Å². The Bertz CT molecular complexity index is 836. The first kappa shape index (κ1) is 15.3. The van der Waals surface area contributed by atoms with Crippen molar-refractivity contribution in [1.29, 1.82) is 0 Å². The van der Waals surface area contributed by atoms with Gasteiger partial charge in [0.2, 0.25) is 5.95 Å². The van der Waals surface area contributed by atoms with Crippen molar-refractivity contribution in [2.45, 2.75) is 13.1 Å². The number of rotatable bonds is 2. The molecule has 1 heterocycles. The number of benzene rings is 2. The van der Waals surface area contributed by atoms with Gasteiger partial charge in [0, 0.05) is 0 Å². The van der Waals surface area contributed by atoms with Gasteiger partial charge in [0.1, 0.15) is 0 Å². The molecule has 2 nitrogen and oxygen atoms in total. The van der Waals surface area contributed by atoms with Gasteiger partial charge in [-0.3, -0.25) is 0 Å². The van der Waals surface area contributed by atoms with E-state index in [1.807, 2.05) is 0 Å². The van der Waals surface area contributed by atoms with Gasteiger partial charge < -0.3 is 0 Å². The van der Waals surface area contributed by atoms with E-state index >= 15 is 0 Å². The van der Waals surface area contributed by atoms with E-state index in [-0.39, 0.29) is 11.3 Å². The largest absolute Gasteiger partial charge is 0.435 e. The Labute approximate surface area is 130 Å². The fourth-order valence-electron chi connectivity index (χ4n) is 2.39. The van der Waals surface area contributed by atoms with E-state index in [9.17, 15) is 17.6 Å². The minimum Gasteiger partial charge on any atom is -0.206 e. The van der Waals surface area contributed by atoms with E-state index in [1.165, 1.54) is 24.3 Å². The van der Waals surface area contributed by atoms with Gasteiger partial charge in [-0.25, -0.2) is 4.68 Å². The van der Waals surface area contributed by atoms with E-state index in [0.717, 1.165) is 5.56 Å². The standard InChI is InChI=1S/C17H12F4N2/c1-11-6-5-7-12(10-11)14-15(17(19,20)21)22-23(16(14)18)13-8-3-2-4-9-13/h2-10H,1H3. The monoisotopic (exact) mass is 320 g/mol. The van der Waals surface area contributed by atoms with E-state index in [2.05, 4.69) is 5.10 Å². The fourth-order valence-corrected chi connectivity index (χ4v) is 2.39. The van der Waals surface area contributed by atoms with Gasteiger partial charge in [0.25, 0.3) is 0 Å². The van der Waals surface area contributed by atoms with Crippen molar-refractivity contribution in [3.8, 4) is 16.8 Å². The van der Waals surface area contributed by atoms with E-state index in [1.54, 1.807) is 37.3 Å². The van der Waals surface area contributed by atoms with Crippen LogP contribution in [0.3, 0.4) is 0 Å². The Morgan fingerprint density at radius 1 is 0.957 bits per heavy atom. The number of nitrogens with zero attached hydrogens (tertiary/aromatic N) is 2. The first-order chi connectivity index (χ1) is 10.9. The molecule has 0 aliphatic carbocycles. The fraction of sp³-hybridized carbons (Fsp3) is 0.118. The van der Waals surface area contributed by atoms with Crippen LogP contribution < -0.4 is 0 Å². The molecular weight excluding hydrogens is 308 g/mol. The third-order valence-electron chi connectivity index (χ3n) is 3.41. The second-order valence-corrected chi connectivity index (χ2v) is 5.13. The highest BCUT2D eigenvalue weighted by Gasteiger charge is 2.40. The molecule has 0 fully saturated rings. The van der Waals surface area contributed by atoms with Crippen LogP contribution in [-0.2, 0) is 6.18 Å². The van der Waals surface area contributed by atoms with Crippen LogP contribution in [0.15, 0.2) is 54.6 Å². The number of aryl methyl sites for hydroxylation is 1. The van der Waals surface area contributed by atoms with Crippen molar-refractivity contribution in [2.24, 2.45) is 0 Å². The molecule has 118 valence electrons. The molecule has 0 bridgehead atoms. The summed E-state index contributed by atoms with van der Waals surface area (Å²) < 4.78 is 55.3. The number of para-hydroxylation sites is 1. The highest BCUT2D eigenvalue weighted by molar-refractivity contribution is 5.68. The SMILES string of the molecule is Cc1cccc(-c2c(C(F)(F)F)nn(-c3ccccc3)c2F)c1. The molecule has 0 saturated carbocycles. The van der Waals surface area contributed by atoms with Crippen molar-refractivity contribution >= 4 is 0 Å². The molecule has 0 radical (unpaired) electrons. The number of halogens is 4. The number of aromatic nitrogens is 2. The summed E-state index contributed by atoms with van der Waals surface area (Å²) in [5, 5.41) is 3.47. The first-order valence-electron chi connectivity index (χ1n) is 6.86. The lowest BCUT2D eigenvalue weighted by molar-refractivity contribution is -0.140. The first-order valence-corrected chi connectivity index (χ1v) is 6.86. The zero-order chi connectivity index (χ0) is 16.6. The summed E-state index contributed by atoms with van der Waals surface area (Å²) in [5.41, 5.74) is -0.650. The molecule has 0 N–H and O–H groups in total. The lowest BCUT2D eigenvalue weighted by Gasteiger charge is -2.06. The second-order valence-electron chi connectivity index (χ2n) is 5.13. The molecule has 23 heavy (non-hydrogen) atoms. The van der Waals surface area contributed by atoms with Crippen molar-refractivity contribution < 1.29 is 17.6 Å². The van der Waals surface area contributed by atoms with Gasteiger partial charge in [-0.1, -0.05) is 48.0 Å². The predicted octanol–water partition coefficient (Wildman–Crippen LogP) is 5.01. The maximum absolute atomic E-state index is 14.7. The maximum Gasteiger partial charge on any atom is 0.435 e. The Hall–Kier alpha value is -2.63. The Kier molecular flexibility index (Phi) is 3.67. The predicted molar refractivity (Wildman–Crippen MR) is 78.7 cm³/mol. The molecule has 0 saturated heterocycles. The molecular formula is C17H12F4N2. The van der Waals surface area contributed by atoms with Crippen molar-refractivity contribution in [3.63, 3.8) is 0 Å². The smallest absolute Gasteiger partial charge is 0.206 e. The molecule has 0 amide bonds. The summed E-state index contributed by atoms with van der Waals surface area (Å²) in [4.78, 5) is 0. The molecule has 0 unspecified atom stereocenters. The molecule has 6 heteroatoms. The maximum atomic E-state index is 14.7. The number of hydrogen-bond donors (Lipinski definition) is 0. The van der Waals surface area contributed by atoms with E-state index in [0.29, 0.717) is 4.68 Å². The Balaban J connectivity index is 2.28. The Morgan fingerprint density at radius 3 is 2.26 bits per heavy atom. The van der Waals surface area contributed by atoms with Crippen molar-refractivity contribution in [3.05, 3.63) is 71.8 Å². The highest BCUT2D eigenvalue weighted by Crippen LogP contribution is 2.38. The summed E-state index contributed by atoms with van der Waals surface area (Å²) in [5.74, 6) is -1.03. The van der Waals surface area contributed by atoms with Crippen molar-refractivity contribution in [1.82, 2.24) is 9.78 Å². The average molecular weight is 320 g/mol. The van der Waals surface area contributed by atoms with Crippen molar-refractivity contribution in [2.75, 3.05) is 0 Å². The zero-order valence-electron chi connectivity index (χ0n) is 12.1. The quantitative estimate of drug-likeness (QED) is 0.607. The molecule has 2 aromatic carbocycles. The lowest BCUT2D eigenvalue weighted by atomic mass is 10.0. The third-order valence-corrected chi connectivity index (χ3v) is 3.41. The van der Waals surface area contributed by atoms with Gasteiger partial charge in [-0.2, -0.15) is 22.7 Å². The number of alkyl halides is 3. The van der Waals surface area contributed by atoms with E-state index < -0.39 is 23.4 Å². The van der Waals surface area contributed by atoms with Crippen LogP contribution in [0, 0.1) is 12.9 Å². The van der Waals surface area contributed by atoms with Gasteiger partial charge in [-0.05, 0) is 24.6 Å². The highest BCUT2D eigenvalue weighted by atomic mass is 19.4. The van der Waals surface area contributed by atoms with E-state index in [4.69, 9.17) is 0 Å². The topological polar surface area (TPSA) is 17.8 Å². The van der Waals surface area contributed by atoms with Crippen LogP contribution in [0.2, 0.25) is 0 Å². The molecule has 0 aliphatic heterocycles. The average Bonchev–Trinajstić information content (AvgIpc) is 2.86. The molecule has 1 aromatic heterocycles. The van der Waals surface area contributed by atoms with Crippen LogP contribution in [-0.4, -0.2) is 9.78 Å². The zero-order valence-corrected chi connectivity index (χ0v) is 12.1. The van der Waals surface area contributed by atoms with Gasteiger partial charge >= 0.3 is 6.18 Å². The van der Waals surface area contributed by atoms with Crippen LogP contribution >= 0.6 is 0 Å². The molecule has 0 aliphatic rings. The van der Waals surface area contributed by atoms with Crippen LogP contribution in [0.1, 0.15) is 11.3 Å². The summed E-state index contributed by atoms with van der Waals surface area (Å²) >= 11 is 0. The second kappa shape index (κ2) is 5.53. The number of hydrogen-bond acceptors (Lipinski definition) is 1. The summed E-state index contributed by atoms with van der Waals surface area (Å²) in [6.07, 6.45) is -4.75. The lowest BCUT2D eigenvalue weighted by Crippen LogP contribution is -2.08. The Morgan fingerprint density at radius 2 is 1.65 bits per heavy atom. The van der Waals surface area contributed by atoms with Gasteiger partial charge in [0.15, 0.2) is 5.69 Å². The molecule has 0 atom stereocenters. The van der Waals surface area contributed by atoms with Crippen LogP contribution in [0.4, 0.5) is 17.6 Å². The van der Waals surface area contributed by atoms with Gasteiger partial charge in [-0.15, -0.1) is 0 Å². The molecule has 3 rings (SSSR count). The van der Waals surface area contributed by atoms with Gasteiger partial charge in [0.05, 0.1) is 11.3 Å². The summed E-state index contributed by atoms with van der Waals surface area (Å²) in [6, 6.07) is 14.2. The minimum absolute atomic E-state index is 0.150. The third kappa shape index (κ3) is 2.84.